The minimum absolute atomic E-state index is 0.178. The van der Waals surface area contributed by atoms with Crippen LogP contribution >= 0.6 is 23.2 Å². The molecule has 1 rings (SSSR count). The molecule has 0 aliphatic carbocycles. The second-order valence-corrected chi connectivity index (χ2v) is 4.44. The number of amides is 1. The number of aliphatic imine (C=N–C) groups is 1. The van der Waals surface area contributed by atoms with Crippen molar-refractivity contribution in [3.63, 3.8) is 0 Å². The normalized spacial score (nSPS) is 11.4. The number of hydrogen-bond donors (Lipinski definition) is 1. The summed E-state index contributed by atoms with van der Waals surface area (Å²) >= 11 is 11.7. The van der Waals surface area contributed by atoms with E-state index in [9.17, 15) is 4.79 Å². The summed E-state index contributed by atoms with van der Waals surface area (Å²) in [5, 5.41) is 3.43. The number of benzene rings is 1. The van der Waals surface area contributed by atoms with E-state index in [1.54, 1.807) is 31.2 Å². The Labute approximate surface area is 127 Å². The van der Waals surface area contributed by atoms with Gasteiger partial charge < -0.3 is 10.1 Å². The predicted octanol–water partition coefficient (Wildman–Crippen LogP) is 3.61. The maximum Gasteiger partial charge on any atom is 0.263 e. The molecule has 1 N–H and O–H groups in total. The van der Waals surface area contributed by atoms with Gasteiger partial charge in [-0.3, -0.25) is 4.79 Å². The maximum atomic E-state index is 11.7. The van der Waals surface area contributed by atoms with Crippen LogP contribution in [0.25, 0.3) is 0 Å². The molecule has 0 atom stereocenters. The van der Waals surface area contributed by atoms with Crippen molar-refractivity contribution in [1.29, 1.82) is 0 Å². The zero-order valence-corrected chi connectivity index (χ0v) is 12.4. The third kappa shape index (κ3) is 5.47. The molecule has 0 aliphatic rings. The van der Waals surface area contributed by atoms with E-state index in [1.807, 2.05) is 0 Å². The number of allylic oxidation sites excluding steroid dienone is 2. The van der Waals surface area contributed by atoms with Gasteiger partial charge in [0.05, 0.1) is 5.02 Å². The number of carbonyl (C=O) groups excluding carboxylic acids is 1. The third-order valence-corrected chi connectivity index (χ3v) is 2.64. The smallest absolute Gasteiger partial charge is 0.263 e. The molecule has 1 amide bonds. The highest BCUT2D eigenvalue weighted by Gasteiger charge is 2.07. The lowest BCUT2D eigenvalue weighted by atomic mass is 10.3. The zero-order valence-electron chi connectivity index (χ0n) is 10.9. The van der Waals surface area contributed by atoms with Gasteiger partial charge in [0, 0.05) is 11.2 Å². The molecule has 0 aromatic heterocycles. The largest absolute Gasteiger partial charge is 0.482 e. The number of hydrogen-bond acceptors (Lipinski definition) is 3. The summed E-state index contributed by atoms with van der Waals surface area (Å²) in [7, 11) is 0. The highest BCUT2D eigenvalue weighted by Crippen LogP contribution is 2.27. The molecule has 0 fully saturated rings. The van der Waals surface area contributed by atoms with Crippen molar-refractivity contribution >= 4 is 35.3 Å². The molecule has 0 aliphatic heterocycles. The van der Waals surface area contributed by atoms with Gasteiger partial charge in [0.2, 0.25) is 0 Å². The van der Waals surface area contributed by atoms with E-state index in [0.29, 0.717) is 21.6 Å². The fourth-order valence-corrected chi connectivity index (χ4v) is 1.69. The molecule has 1 aromatic rings. The SMILES string of the molecule is C=CC=N/C(=C\C)NC(=O)COc1ccc(Cl)cc1Cl. The summed E-state index contributed by atoms with van der Waals surface area (Å²) < 4.78 is 5.30. The number of nitrogens with zero attached hydrogens (tertiary/aromatic N) is 1. The Morgan fingerprint density at radius 3 is 2.85 bits per heavy atom. The monoisotopic (exact) mass is 312 g/mol. The number of halogens is 2. The van der Waals surface area contributed by atoms with Crippen LogP contribution in [-0.4, -0.2) is 18.7 Å². The van der Waals surface area contributed by atoms with Crippen LogP contribution < -0.4 is 10.1 Å². The first-order valence-electron chi connectivity index (χ1n) is 5.76. The van der Waals surface area contributed by atoms with Crippen molar-refractivity contribution < 1.29 is 9.53 Å². The Hall–Kier alpha value is -1.78. The van der Waals surface area contributed by atoms with Gasteiger partial charge in [-0.2, -0.15) is 0 Å². The Kier molecular flexibility index (Phi) is 6.84. The third-order valence-electron chi connectivity index (χ3n) is 2.11. The highest BCUT2D eigenvalue weighted by molar-refractivity contribution is 6.35. The minimum Gasteiger partial charge on any atom is -0.482 e. The van der Waals surface area contributed by atoms with E-state index in [2.05, 4.69) is 16.9 Å². The molecule has 20 heavy (non-hydrogen) atoms. The van der Waals surface area contributed by atoms with Crippen LogP contribution in [0.4, 0.5) is 0 Å². The maximum absolute atomic E-state index is 11.7. The van der Waals surface area contributed by atoms with Crippen LogP contribution in [0.5, 0.6) is 5.75 Å². The van der Waals surface area contributed by atoms with Crippen LogP contribution in [0.3, 0.4) is 0 Å². The van der Waals surface area contributed by atoms with Gasteiger partial charge in [0.15, 0.2) is 6.61 Å². The van der Waals surface area contributed by atoms with Gasteiger partial charge in [0.1, 0.15) is 11.6 Å². The van der Waals surface area contributed by atoms with E-state index in [-0.39, 0.29) is 12.5 Å². The van der Waals surface area contributed by atoms with Crippen LogP contribution in [0.2, 0.25) is 10.0 Å². The Morgan fingerprint density at radius 2 is 2.25 bits per heavy atom. The topological polar surface area (TPSA) is 50.7 Å². The van der Waals surface area contributed by atoms with Crippen molar-refractivity contribution in [2.24, 2.45) is 4.99 Å². The number of nitrogens with one attached hydrogen (secondary N) is 1. The molecule has 0 unspecified atom stereocenters. The summed E-state index contributed by atoms with van der Waals surface area (Å²) in [5.41, 5.74) is 0. The molecule has 0 bridgehead atoms. The second kappa shape index (κ2) is 8.40. The molecule has 0 saturated heterocycles. The molecule has 0 radical (unpaired) electrons. The zero-order chi connectivity index (χ0) is 15.0. The number of rotatable bonds is 6. The first-order valence-corrected chi connectivity index (χ1v) is 6.51. The summed E-state index contributed by atoms with van der Waals surface area (Å²) in [5.74, 6) is 0.467. The fraction of sp³-hybridized carbons (Fsp3) is 0.143. The molecule has 0 saturated carbocycles. The van der Waals surface area contributed by atoms with Gasteiger partial charge in [-0.15, -0.1) is 0 Å². The summed E-state index contributed by atoms with van der Waals surface area (Å²) in [6.07, 6.45) is 4.65. The van der Waals surface area contributed by atoms with Gasteiger partial charge in [-0.1, -0.05) is 35.9 Å². The molecule has 6 heteroatoms. The quantitative estimate of drug-likeness (QED) is 0.816. The van der Waals surface area contributed by atoms with Crippen molar-refractivity contribution in [2.75, 3.05) is 6.61 Å². The lowest BCUT2D eigenvalue weighted by Gasteiger charge is -2.08. The molecular formula is C14H14Cl2N2O2. The van der Waals surface area contributed by atoms with E-state index >= 15 is 0 Å². The lowest BCUT2D eigenvalue weighted by Crippen LogP contribution is -2.27. The molecule has 0 spiro atoms. The van der Waals surface area contributed by atoms with E-state index in [1.165, 1.54) is 12.3 Å². The lowest BCUT2D eigenvalue weighted by molar-refractivity contribution is -0.122. The summed E-state index contributed by atoms with van der Waals surface area (Å²) in [4.78, 5) is 15.7. The number of ether oxygens (including phenoxy) is 1. The van der Waals surface area contributed by atoms with Crippen molar-refractivity contribution in [3.05, 3.63) is 52.8 Å². The van der Waals surface area contributed by atoms with E-state index in [0.717, 1.165) is 0 Å². The Morgan fingerprint density at radius 1 is 1.50 bits per heavy atom. The molecule has 4 nitrogen and oxygen atoms in total. The molecular weight excluding hydrogens is 299 g/mol. The van der Waals surface area contributed by atoms with Crippen molar-refractivity contribution in [3.8, 4) is 5.75 Å². The fourth-order valence-electron chi connectivity index (χ4n) is 1.23. The van der Waals surface area contributed by atoms with Crippen molar-refractivity contribution in [2.45, 2.75) is 6.92 Å². The van der Waals surface area contributed by atoms with E-state index in [4.69, 9.17) is 27.9 Å². The molecule has 0 heterocycles. The van der Waals surface area contributed by atoms with Crippen LogP contribution in [0, 0.1) is 0 Å². The Balaban J connectivity index is 2.55. The van der Waals surface area contributed by atoms with E-state index < -0.39 is 0 Å². The molecule has 106 valence electrons. The predicted molar refractivity (Wildman–Crippen MR) is 82.5 cm³/mol. The number of carbonyl (C=O) groups is 1. The van der Waals surface area contributed by atoms with Crippen molar-refractivity contribution in [1.82, 2.24) is 5.32 Å². The van der Waals surface area contributed by atoms with Gasteiger partial charge in [0.25, 0.3) is 5.91 Å². The van der Waals surface area contributed by atoms with Crippen LogP contribution in [-0.2, 0) is 4.79 Å². The summed E-state index contributed by atoms with van der Waals surface area (Å²) in [6.45, 7) is 5.08. The summed E-state index contributed by atoms with van der Waals surface area (Å²) in [6, 6.07) is 4.78. The van der Waals surface area contributed by atoms with Gasteiger partial charge in [-0.05, 0) is 31.2 Å². The van der Waals surface area contributed by atoms with Gasteiger partial charge >= 0.3 is 0 Å². The average molecular weight is 313 g/mol. The first-order chi connectivity index (χ1) is 9.56. The standard InChI is InChI=1S/C14H14Cl2N2O2/c1-3-7-17-13(4-2)18-14(19)9-20-12-6-5-10(15)8-11(12)16/h3-8H,1,9H2,2H3,(H,18,19)/b13-4+,17-7?. The minimum atomic E-state index is -0.342. The second-order valence-electron chi connectivity index (χ2n) is 3.60. The average Bonchev–Trinajstić information content (AvgIpc) is 2.42. The Bertz CT molecular complexity index is 554. The highest BCUT2D eigenvalue weighted by atomic mass is 35.5. The van der Waals surface area contributed by atoms with Crippen LogP contribution in [0.1, 0.15) is 6.92 Å². The van der Waals surface area contributed by atoms with Gasteiger partial charge in [-0.25, -0.2) is 4.99 Å². The first kappa shape index (κ1) is 16.3. The van der Waals surface area contributed by atoms with Crippen LogP contribution in [0.15, 0.2) is 47.7 Å². The molecule has 1 aromatic carbocycles.